The summed E-state index contributed by atoms with van der Waals surface area (Å²) in [6, 6.07) is 17.5. The summed E-state index contributed by atoms with van der Waals surface area (Å²) in [5.41, 5.74) is 3.15. The molecule has 3 aromatic rings. The first-order valence-electron chi connectivity index (χ1n) is 9.17. The Labute approximate surface area is 158 Å². The number of benzene rings is 2. The number of amides is 1. The number of aliphatic hydroxyl groups is 1. The first-order valence-corrected chi connectivity index (χ1v) is 9.17. The SMILES string of the molecule is Cc1ccc(-c2[nH]ncc2C(=O)N2CC(O)(c3ccccc3)CC2C)cc1. The first-order chi connectivity index (χ1) is 13.0. The minimum Gasteiger partial charge on any atom is -0.383 e. The van der Waals surface area contributed by atoms with Gasteiger partial charge in [-0.05, 0) is 19.4 Å². The fourth-order valence-electron chi connectivity index (χ4n) is 3.87. The van der Waals surface area contributed by atoms with Crippen LogP contribution in [-0.2, 0) is 5.60 Å². The predicted octanol–water partition coefficient (Wildman–Crippen LogP) is 3.51. The molecular weight excluding hydrogens is 338 g/mol. The number of carbonyl (C=O) groups is 1. The molecule has 1 aliphatic rings. The van der Waals surface area contributed by atoms with Crippen molar-refractivity contribution in [2.24, 2.45) is 0 Å². The second-order valence-corrected chi connectivity index (χ2v) is 7.41. The van der Waals surface area contributed by atoms with Crippen molar-refractivity contribution in [3.8, 4) is 11.3 Å². The Morgan fingerprint density at radius 2 is 1.89 bits per heavy atom. The van der Waals surface area contributed by atoms with Crippen LogP contribution in [0.3, 0.4) is 0 Å². The van der Waals surface area contributed by atoms with E-state index in [0.717, 1.165) is 16.7 Å². The quantitative estimate of drug-likeness (QED) is 0.750. The molecule has 1 aromatic heterocycles. The first kappa shape index (κ1) is 17.5. The summed E-state index contributed by atoms with van der Waals surface area (Å²) >= 11 is 0. The number of aryl methyl sites for hydroxylation is 1. The lowest BCUT2D eigenvalue weighted by molar-refractivity contribution is 0.0417. The summed E-state index contributed by atoms with van der Waals surface area (Å²) in [5.74, 6) is -0.112. The van der Waals surface area contributed by atoms with Crippen molar-refractivity contribution in [3.63, 3.8) is 0 Å². The normalized spacial score (nSPS) is 22.2. The minimum atomic E-state index is -1.02. The topological polar surface area (TPSA) is 69.2 Å². The van der Waals surface area contributed by atoms with Gasteiger partial charge in [0.15, 0.2) is 0 Å². The Balaban J connectivity index is 1.63. The molecule has 0 saturated carbocycles. The zero-order valence-corrected chi connectivity index (χ0v) is 15.5. The van der Waals surface area contributed by atoms with Gasteiger partial charge in [-0.15, -0.1) is 0 Å². The summed E-state index contributed by atoms with van der Waals surface area (Å²) < 4.78 is 0. The van der Waals surface area contributed by atoms with Gasteiger partial charge in [0.05, 0.1) is 24.0 Å². The van der Waals surface area contributed by atoms with E-state index in [4.69, 9.17) is 0 Å². The molecule has 2 unspecified atom stereocenters. The zero-order chi connectivity index (χ0) is 19.0. The van der Waals surface area contributed by atoms with Crippen LogP contribution >= 0.6 is 0 Å². The van der Waals surface area contributed by atoms with Crippen molar-refractivity contribution in [1.29, 1.82) is 0 Å². The predicted molar refractivity (Wildman–Crippen MR) is 104 cm³/mol. The number of aromatic amines is 1. The van der Waals surface area contributed by atoms with Crippen LogP contribution in [-0.4, -0.2) is 38.7 Å². The minimum absolute atomic E-state index is 0.0662. The number of H-pyrrole nitrogens is 1. The molecule has 1 amide bonds. The lowest BCUT2D eigenvalue weighted by Gasteiger charge is -2.24. The van der Waals surface area contributed by atoms with Gasteiger partial charge < -0.3 is 10.0 Å². The van der Waals surface area contributed by atoms with E-state index in [2.05, 4.69) is 10.2 Å². The highest BCUT2D eigenvalue weighted by molar-refractivity contribution is 6.00. The van der Waals surface area contributed by atoms with Crippen LogP contribution in [0.5, 0.6) is 0 Å². The second kappa shape index (κ2) is 6.67. The third kappa shape index (κ3) is 3.15. The molecule has 0 aliphatic carbocycles. The molecule has 1 saturated heterocycles. The van der Waals surface area contributed by atoms with Crippen LogP contribution < -0.4 is 0 Å². The number of nitrogens with one attached hydrogen (secondary N) is 1. The molecule has 5 nitrogen and oxygen atoms in total. The van der Waals surface area contributed by atoms with Gasteiger partial charge in [-0.3, -0.25) is 9.89 Å². The van der Waals surface area contributed by atoms with Crippen molar-refractivity contribution in [2.75, 3.05) is 6.54 Å². The highest BCUT2D eigenvalue weighted by Gasteiger charge is 2.44. The molecule has 0 bridgehead atoms. The van der Waals surface area contributed by atoms with E-state index in [1.807, 2.05) is 68.4 Å². The standard InChI is InChI=1S/C22H23N3O2/c1-15-8-10-17(11-9-15)20-19(13-23-24-20)21(26)25-14-22(27,12-16(25)2)18-6-4-3-5-7-18/h3-11,13,16,27H,12,14H2,1-2H3,(H,23,24). The largest absolute Gasteiger partial charge is 0.383 e. The molecule has 1 fully saturated rings. The van der Waals surface area contributed by atoms with E-state index >= 15 is 0 Å². The fraction of sp³-hybridized carbons (Fsp3) is 0.273. The molecule has 0 spiro atoms. The highest BCUT2D eigenvalue weighted by atomic mass is 16.3. The average Bonchev–Trinajstić information content (AvgIpc) is 3.28. The molecule has 2 aromatic carbocycles. The third-order valence-electron chi connectivity index (χ3n) is 5.38. The molecular formula is C22H23N3O2. The molecule has 2 N–H and O–H groups in total. The second-order valence-electron chi connectivity index (χ2n) is 7.41. The number of aromatic nitrogens is 2. The monoisotopic (exact) mass is 361 g/mol. The molecule has 5 heteroatoms. The smallest absolute Gasteiger partial charge is 0.258 e. The van der Waals surface area contributed by atoms with Crippen molar-refractivity contribution in [3.05, 3.63) is 77.5 Å². The molecule has 2 heterocycles. The van der Waals surface area contributed by atoms with Crippen molar-refractivity contribution >= 4 is 5.91 Å². The molecule has 27 heavy (non-hydrogen) atoms. The lowest BCUT2D eigenvalue weighted by atomic mass is 9.92. The van der Waals surface area contributed by atoms with Crippen LogP contribution in [0.25, 0.3) is 11.3 Å². The van der Waals surface area contributed by atoms with E-state index in [1.165, 1.54) is 0 Å². The van der Waals surface area contributed by atoms with Gasteiger partial charge in [-0.2, -0.15) is 5.10 Å². The zero-order valence-electron chi connectivity index (χ0n) is 15.5. The summed E-state index contributed by atoms with van der Waals surface area (Å²) in [6.45, 7) is 4.28. The number of nitrogens with zero attached hydrogens (tertiary/aromatic N) is 2. The Bertz CT molecular complexity index is 949. The van der Waals surface area contributed by atoms with Crippen LogP contribution in [0.2, 0.25) is 0 Å². The maximum atomic E-state index is 13.3. The summed E-state index contributed by atoms with van der Waals surface area (Å²) in [6.07, 6.45) is 2.09. The van der Waals surface area contributed by atoms with E-state index in [9.17, 15) is 9.90 Å². The van der Waals surface area contributed by atoms with E-state index in [1.54, 1.807) is 11.1 Å². The maximum Gasteiger partial charge on any atom is 0.258 e. The van der Waals surface area contributed by atoms with Gasteiger partial charge in [0.25, 0.3) is 5.91 Å². The molecule has 138 valence electrons. The molecule has 4 rings (SSSR count). The Morgan fingerprint density at radius 3 is 2.59 bits per heavy atom. The highest BCUT2D eigenvalue weighted by Crippen LogP contribution is 2.37. The fourth-order valence-corrected chi connectivity index (χ4v) is 3.87. The Kier molecular flexibility index (Phi) is 4.32. The van der Waals surface area contributed by atoms with Crippen LogP contribution in [0.15, 0.2) is 60.8 Å². The number of likely N-dealkylation sites (tertiary alicyclic amines) is 1. The van der Waals surface area contributed by atoms with Crippen molar-refractivity contribution in [1.82, 2.24) is 15.1 Å². The number of hydrogen-bond acceptors (Lipinski definition) is 3. The summed E-state index contributed by atoms with van der Waals surface area (Å²) in [4.78, 5) is 15.0. The van der Waals surface area contributed by atoms with Crippen molar-refractivity contribution < 1.29 is 9.90 Å². The van der Waals surface area contributed by atoms with E-state index < -0.39 is 5.60 Å². The van der Waals surface area contributed by atoms with E-state index in [0.29, 0.717) is 17.7 Å². The van der Waals surface area contributed by atoms with Crippen LogP contribution in [0, 0.1) is 6.92 Å². The van der Waals surface area contributed by atoms with Gasteiger partial charge >= 0.3 is 0 Å². The number of carbonyl (C=O) groups excluding carboxylic acids is 1. The Morgan fingerprint density at radius 1 is 1.19 bits per heavy atom. The van der Waals surface area contributed by atoms with Gasteiger partial charge in [-0.1, -0.05) is 60.2 Å². The average molecular weight is 361 g/mol. The molecule has 2 atom stereocenters. The number of rotatable bonds is 3. The van der Waals surface area contributed by atoms with Crippen molar-refractivity contribution in [2.45, 2.75) is 31.9 Å². The summed E-state index contributed by atoms with van der Waals surface area (Å²) in [5, 5.41) is 18.2. The molecule has 0 radical (unpaired) electrons. The summed E-state index contributed by atoms with van der Waals surface area (Å²) in [7, 11) is 0. The van der Waals surface area contributed by atoms with E-state index in [-0.39, 0.29) is 18.5 Å². The van der Waals surface area contributed by atoms with Gasteiger partial charge in [0.1, 0.15) is 5.60 Å². The van der Waals surface area contributed by atoms with Crippen LogP contribution in [0.4, 0.5) is 0 Å². The Hall–Kier alpha value is -2.92. The van der Waals surface area contributed by atoms with Crippen LogP contribution in [0.1, 0.15) is 34.8 Å². The van der Waals surface area contributed by atoms with Gasteiger partial charge in [-0.25, -0.2) is 0 Å². The van der Waals surface area contributed by atoms with Gasteiger partial charge in [0.2, 0.25) is 0 Å². The van der Waals surface area contributed by atoms with Gasteiger partial charge in [0, 0.05) is 18.0 Å². The number of β-amino-alcohol motifs (C(OH)–C–C–N with tert-alkyl or cyclic N) is 1. The molecule has 1 aliphatic heterocycles. The number of hydrogen-bond donors (Lipinski definition) is 2. The third-order valence-corrected chi connectivity index (χ3v) is 5.38. The maximum absolute atomic E-state index is 13.3. The lowest BCUT2D eigenvalue weighted by Crippen LogP contribution is -2.36.